The number of hydrogen-bond donors (Lipinski definition) is 1. The lowest BCUT2D eigenvalue weighted by Gasteiger charge is -2.17. The van der Waals surface area contributed by atoms with Crippen molar-refractivity contribution in [2.75, 3.05) is 25.6 Å². The molecule has 2 aromatic carbocycles. The Morgan fingerprint density at radius 2 is 1.77 bits per heavy atom. The van der Waals surface area contributed by atoms with E-state index in [4.69, 9.17) is 0 Å². The van der Waals surface area contributed by atoms with Gasteiger partial charge in [0.05, 0.1) is 11.5 Å². The Kier molecular flexibility index (Phi) is 4.56. The third kappa shape index (κ3) is 3.14. The first-order valence-electron chi connectivity index (χ1n) is 6.75. The summed E-state index contributed by atoms with van der Waals surface area (Å²) < 4.78 is 31.3. The monoisotopic (exact) mass is 322 g/mol. The summed E-state index contributed by atoms with van der Waals surface area (Å²) >= 11 is 0. The zero-order valence-corrected chi connectivity index (χ0v) is 13.5. The Hall–Kier alpha value is -2.28. The van der Waals surface area contributed by atoms with Crippen LogP contribution < -0.4 is 9.62 Å². The summed E-state index contributed by atoms with van der Waals surface area (Å²) in [7, 11) is -0.230. The fourth-order valence-corrected chi connectivity index (χ4v) is 3.33. The van der Waals surface area contributed by atoms with E-state index in [1.54, 1.807) is 25.1 Å². The van der Waals surface area contributed by atoms with Gasteiger partial charge in [0.15, 0.2) is 0 Å². The van der Waals surface area contributed by atoms with Gasteiger partial charge in [-0.25, -0.2) is 17.9 Å². The minimum Gasteiger partial charge on any atom is -0.449 e. The van der Waals surface area contributed by atoms with Crippen molar-refractivity contribution in [3.63, 3.8) is 0 Å². The van der Waals surface area contributed by atoms with Gasteiger partial charge in [0, 0.05) is 30.6 Å². The maximum atomic E-state index is 12.4. The van der Waals surface area contributed by atoms with Crippen LogP contribution in [0.3, 0.4) is 0 Å². The Bertz CT molecular complexity index is 800. The van der Waals surface area contributed by atoms with Crippen LogP contribution in [0.2, 0.25) is 0 Å². The van der Waals surface area contributed by atoms with Crippen molar-refractivity contribution in [3.05, 3.63) is 36.4 Å². The van der Waals surface area contributed by atoms with Crippen molar-refractivity contribution in [3.8, 4) is 0 Å². The molecule has 22 heavy (non-hydrogen) atoms. The summed E-state index contributed by atoms with van der Waals surface area (Å²) in [5, 5.41) is 1.34. The zero-order valence-electron chi connectivity index (χ0n) is 12.7. The molecule has 0 saturated carbocycles. The first kappa shape index (κ1) is 16.1. The van der Waals surface area contributed by atoms with Gasteiger partial charge in [-0.15, -0.1) is 0 Å². The van der Waals surface area contributed by atoms with Crippen LogP contribution in [0.5, 0.6) is 0 Å². The second-order valence-corrected chi connectivity index (χ2v) is 6.50. The minimum absolute atomic E-state index is 0.0433. The maximum absolute atomic E-state index is 12.4. The van der Waals surface area contributed by atoms with Gasteiger partial charge < -0.3 is 9.64 Å². The summed E-state index contributed by atoms with van der Waals surface area (Å²) in [4.78, 5) is 13.4. The zero-order chi connectivity index (χ0) is 16.3. The molecule has 0 aliphatic carbocycles. The number of amides is 1. The lowest BCUT2D eigenvalue weighted by atomic mass is 10.1. The maximum Gasteiger partial charge on any atom is 0.421 e. The number of hydrogen-bond acceptors (Lipinski definition) is 5. The third-order valence-electron chi connectivity index (χ3n) is 3.12. The van der Waals surface area contributed by atoms with E-state index in [1.165, 1.54) is 6.07 Å². The first-order chi connectivity index (χ1) is 10.4. The number of carbonyl (C=O) groups excluding carboxylic acids is 1. The lowest BCUT2D eigenvalue weighted by Crippen LogP contribution is -2.31. The van der Waals surface area contributed by atoms with Crippen LogP contribution in [0.25, 0.3) is 10.8 Å². The van der Waals surface area contributed by atoms with Crippen LogP contribution >= 0.6 is 0 Å². The predicted octanol–water partition coefficient (Wildman–Crippen LogP) is 2.34. The van der Waals surface area contributed by atoms with Crippen LogP contribution in [-0.2, 0) is 14.8 Å². The minimum atomic E-state index is -3.99. The Labute approximate surface area is 129 Å². The Balaban J connectivity index is 2.57. The van der Waals surface area contributed by atoms with E-state index in [-0.39, 0.29) is 11.5 Å². The molecule has 0 spiro atoms. The van der Waals surface area contributed by atoms with Gasteiger partial charge in [-0.1, -0.05) is 24.3 Å². The van der Waals surface area contributed by atoms with Crippen molar-refractivity contribution >= 4 is 32.6 Å². The van der Waals surface area contributed by atoms with Gasteiger partial charge in [0.1, 0.15) is 0 Å². The van der Waals surface area contributed by atoms with E-state index in [0.29, 0.717) is 5.39 Å². The lowest BCUT2D eigenvalue weighted by molar-refractivity contribution is 0.158. The van der Waals surface area contributed by atoms with Gasteiger partial charge in [-0.3, -0.25) is 0 Å². The molecule has 0 heterocycles. The second-order valence-electron chi connectivity index (χ2n) is 4.85. The van der Waals surface area contributed by atoms with Crippen molar-refractivity contribution in [1.29, 1.82) is 0 Å². The van der Waals surface area contributed by atoms with Gasteiger partial charge >= 0.3 is 6.09 Å². The smallest absolute Gasteiger partial charge is 0.421 e. The van der Waals surface area contributed by atoms with E-state index in [9.17, 15) is 13.2 Å². The molecule has 0 unspecified atom stereocenters. The number of rotatable bonds is 4. The molecule has 2 aromatic rings. The van der Waals surface area contributed by atoms with E-state index in [1.807, 2.05) is 35.9 Å². The largest absolute Gasteiger partial charge is 0.449 e. The van der Waals surface area contributed by atoms with Crippen molar-refractivity contribution in [2.24, 2.45) is 0 Å². The average Bonchev–Trinajstić information content (AvgIpc) is 2.45. The molecule has 0 aliphatic rings. The molecule has 1 amide bonds. The van der Waals surface area contributed by atoms with Crippen LogP contribution in [0, 0.1) is 0 Å². The molecule has 0 aromatic heterocycles. The molecule has 0 atom stereocenters. The fourth-order valence-electron chi connectivity index (χ4n) is 2.21. The SMILES string of the molecule is CCOC(=O)NS(=O)(=O)c1cccc2c(N(C)C)cccc12. The summed E-state index contributed by atoms with van der Waals surface area (Å²) in [5.74, 6) is 0. The quantitative estimate of drug-likeness (QED) is 0.935. The molecule has 2 rings (SSSR count). The fraction of sp³-hybridized carbons (Fsp3) is 0.267. The number of benzene rings is 2. The van der Waals surface area contributed by atoms with Gasteiger partial charge in [-0.05, 0) is 19.1 Å². The van der Waals surface area contributed by atoms with Crippen LogP contribution in [0.1, 0.15) is 6.92 Å². The molecule has 1 N–H and O–H groups in total. The van der Waals surface area contributed by atoms with Crippen LogP contribution in [-0.4, -0.2) is 35.2 Å². The molecular weight excluding hydrogens is 304 g/mol. The molecule has 0 saturated heterocycles. The molecule has 0 fully saturated rings. The van der Waals surface area contributed by atoms with Crippen molar-refractivity contribution in [2.45, 2.75) is 11.8 Å². The standard InChI is InChI=1S/C15H18N2O4S/c1-4-21-15(18)16-22(19,20)14-10-6-7-11-12(14)8-5-9-13(11)17(2)3/h5-10H,4H2,1-3H3,(H,16,18). The molecule has 0 bridgehead atoms. The highest BCUT2D eigenvalue weighted by atomic mass is 32.2. The predicted molar refractivity (Wildman–Crippen MR) is 85.6 cm³/mol. The van der Waals surface area contributed by atoms with E-state index < -0.39 is 16.1 Å². The summed E-state index contributed by atoms with van der Waals surface area (Å²) in [6, 6.07) is 10.3. The highest BCUT2D eigenvalue weighted by Gasteiger charge is 2.21. The van der Waals surface area contributed by atoms with E-state index >= 15 is 0 Å². The van der Waals surface area contributed by atoms with Gasteiger partial charge in [0.25, 0.3) is 10.0 Å². The number of nitrogens with one attached hydrogen (secondary N) is 1. The summed E-state index contributed by atoms with van der Waals surface area (Å²) in [6.45, 7) is 1.70. The number of nitrogens with zero attached hydrogens (tertiary/aromatic N) is 1. The number of fused-ring (bicyclic) bond motifs is 1. The third-order valence-corrected chi connectivity index (χ3v) is 4.49. The highest BCUT2D eigenvalue weighted by Crippen LogP contribution is 2.30. The number of carbonyl (C=O) groups is 1. The molecule has 7 heteroatoms. The molecule has 0 aliphatic heterocycles. The number of sulfonamides is 1. The normalized spacial score (nSPS) is 11.2. The van der Waals surface area contributed by atoms with E-state index in [2.05, 4.69) is 4.74 Å². The molecule has 118 valence electrons. The van der Waals surface area contributed by atoms with Crippen molar-refractivity contribution in [1.82, 2.24) is 4.72 Å². The van der Waals surface area contributed by atoms with E-state index in [0.717, 1.165) is 11.1 Å². The molecule has 6 nitrogen and oxygen atoms in total. The first-order valence-corrected chi connectivity index (χ1v) is 8.23. The Morgan fingerprint density at radius 3 is 2.41 bits per heavy atom. The van der Waals surface area contributed by atoms with Gasteiger partial charge in [0.2, 0.25) is 0 Å². The molecular formula is C15H18N2O4S. The number of anilines is 1. The van der Waals surface area contributed by atoms with Crippen LogP contribution in [0.15, 0.2) is 41.3 Å². The highest BCUT2D eigenvalue weighted by molar-refractivity contribution is 7.90. The van der Waals surface area contributed by atoms with Crippen molar-refractivity contribution < 1.29 is 17.9 Å². The summed E-state index contributed by atoms with van der Waals surface area (Å²) in [5.41, 5.74) is 0.894. The second kappa shape index (κ2) is 6.23. The summed E-state index contributed by atoms with van der Waals surface area (Å²) in [6.07, 6.45) is -0.983. The van der Waals surface area contributed by atoms with Crippen LogP contribution in [0.4, 0.5) is 10.5 Å². The molecule has 0 radical (unpaired) electrons. The number of ether oxygens (including phenoxy) is 1. The van der Waals surface area contributed by atoms with Gasteiger partial charge in [-0.2, -0.15) is 0 Å². The topological polar surface area (TPSA) is 75.7 Å². The Morgan fingerprint density at radius 1 is 1.14 bits per heavy atom. The average molecular weight is 322 g/mol.